The molecule has 1 unspecified atom stereocenters. The van der Waals surface area contributed by atoms with Gasteiger partial charge >= 0.3 is 0 Å². The van der Waals surface area contributed by atoms with Crippen molar-refractivity contribution in [3.63, 3.8) is 0 Å². The second-order valence-corrected chi connectivity index (χ2v) is 7.43. The maximum absolute atomic E-state index is 6.06. The molecule has 0 saturated heterocycles. The minimum absolute atomic E-state index is 0.389. The highest BCUT2D eigenvalue weighted by atomic mass is 14.6. The van der Waals surface area contributed by atoms with Crippen molar-refractivity contribution >= 4 is 0 Å². The molecule has 0 bridgehead atoms. The number of unbranched alkanes of at least 4 members (excludes halogenated alkanes) is 14. The molecule has 0 aliphatic heterocycles. The second kappa shape index (κ2) is 20.0. The van der Waals surface area contributed by atoms with Gasteiger partial charge in [-0.3, -0.25) is 0 Å². The lowest BCUT2D eigenvalue weighted by Crippen LogP contribution is -2.20. The highest BCUT2D eigenvalue weighted by Gasteiger charge is 2.01. The van der Waals surface area contributed by atoms with Crippen molar-refractivity contribution in [2.75, 3.05) is 6.54 Å². The van der Waals surface area contributed by atoms with Gasteiger partial charge in [-0.15, -0.1) is 0 Å². The largest absolute Gasteiger partial charge is 0.330 e. The third kappa shape index (κ3) is 19.9. The van der Waals surface area contributed by atoms with Crippen LogP contribution in [0, 0.1) is 0 Å². The predicted molar refractivity (Wildman–Crippen MR) is 106 cm³/mol. The molecule has 0 aromatic heterocycles. The summed E-state index contributed by atoms with van der Waals surface area (Å²) in [5, 5.41) is 0. The summed E-state index contributed by atoms with van der Waals surface area (Å²) in [6.07, 6.45) is 24.8. The molecular weight excluding hydrogens is 280 g/mol. The Morgan fingerprint density at radius 1 is 0.522 bits per heavy atom. The van der Waals surface area contributed by atoms with Crippen molar-refractivity contribution in [2.45, 2.75) is 129 Å². The molecule has 0 radical (unpaired) electrons. The zero-order chi connectivity index (χ0) is 17.0. The smallest absolute Gasteiger partial charge is 0.00392 e. The first-order valence-corrected chi connectivity index (χ1v) is 10.8. The Balaban J connectivity index is 3.02. The van der Waals surface area contributed by atoms with Gasteiger partial charge in [-0.05, 0) is 25.8 Å². The summed E-state index contributed by atoms with van der Waals surface area (Å²) in [6, 6.07) is 0.389. The van der Waals surface area contributed by atoms with E-state index in [0.29, 0.717) is 6.04 Å². The van der Waals surface area contributed by atoms with Gasteiger partial charge in [-0.25, -0.2) is 0 Å². The summed E-state index contributed by atoms with van der Waals surface area (Å²) in [7, 11) is 0. The molecule has 4 N–H and O–H groups in total. The SMILES string of the molecule is CCCCCCCCCCCCCCCCCC(N)CCCN. The van der Waals surface area contributed by atoms with Crippen LogP contribution in [0.4, 0.5) is 0 Å². The molecule has 0 spiro atoms. The molecule has 0 aliphatic rings. The first kappa shape index (κ1) is 22.9. The fraction of sp³-hybridized carbons (Fsp3) is 1.00. The summed E-state index contributed by atoms with van der Waals surface area (Å²) in [5.74, 6) is 0. The maximum atomic E-state index is 6.06. The van der Waals surface area contributed by atoms with E-state index < -0.39 is 0 Å². The highest BCUT2D eigenvalue weighted by molar-refractivity contribution is 4.61. The Hall–Kier alpha value is -0.0800. The zero-order valence-electron chi connectivity index (χ0n) is 16.2. The van der Waals surface area contributed by atoms with Crippen LogP contribution in [0.25, 0.3) is 0 Å². The molecule has 140 valence electrons. The number of nitrogens with two attached hydrogens (primary N) is 2. The van der Waals surface area contributed by atoms with E-state index in [2.05, 4.69) is 6.92 Å². The molecule has 2 nitrogen and oxygen atoms in total. The van der Waals surface area contributed by atoms with Gasteiger partial charge in [0.15, 0.2) is 0 Å². The summed E-state index contributed by atoms with van der Waals surface area (Å²) in [6.45, 7) is 3.07. The van der Waals surface area contributed by atoms with Crippen LogP contribution in [0.2, 0.25) is 0 Å². The van der Waals surface area contributed by atoms with Crippen molar-refractivity contribution in [1.29, 1.82) is 0 Å². The van der Waals surface area contributed by atoms with Crippen molar-refractivity contribution in [1.82, 2.24) is 0 Å². The average molecular weight is 327 g/mol. The van der Waals surface area contributed by atoms with Gasteiger partial charge in [-0.2, -0.15) is 0 Å². The first-order valence-electron chi connectivity index (χ1n) is 10.8. The Kier molecular flexibility index (Phi) is 19.9. The fourth-order valence-corrected chi connectivity index (χ4v) is 3.30. The monoisotopic (exact) mass is 326 g/mol. The number of hydrogen-bond acceptors (Lipinski definition) is 2. The quantitative estimate of drug-likeness (QED) is 0.273. The summed E-state index contributed by atoms with van der Waals surface area (Å²) in [5.41, 5.74) is 11.6. The van der Waals surface area contributed by atoms with Crippen molar-refractivity contribution < 1.29 is 0 Å². The fourth-order valence-electron chi connectivity index (χ4n) is 3.30. The average Bonchev–Trinajstić information content (AvgIpc) is 2.56. The minimum atomic E-state index is 0.389. The molecule has 0 rings (SSSR count). The second-order valence-electron chi connectivity index (χ2n) is 7.43. The Bertz CT molecular complexity index is 206. The molecular formula is C21H46N2. The number of hydrogen-bond donors (Lipinski definition) is 2. The summed E-state index contributed by atoms with van der Waals surface area (Å²) < 4.78 is 0. The van der Waals surface area contributed by atoms with Crippen LogP contribution in [0.5, 0.6) is 0 Å². The van der Waals surface area contributed by atoms with Crippen LogP contribution in [0.3, 0.4) is 0 Å². The predicted octanol–water partition coefficient (Wildman–Crippen LogP) is 6.31. The van der Waals surface area contributed by atoms with E-state index >= 15 is 0 Å². The van der Waals surface area contributed by atoms with Crippen LogP contribution < -0.4 is 11.5 Å². The van der Waals surface area contributed by atoms with Gasteiger partial charge in [0.2, 0.25) is 0 Å². The van der Waals surface area contributed by atoms with Crippen molar-refractivity contribution in [2.24, 2.45) is 11.5 Å². The molecule has 0 fully saturated rings. The normalized spacial score (nSPS) is 12.7. The lowest BCUT2D eigenvalue weighted by atomic mass is 10.0. The topological polar surface area (TPSA) is 52.0 Å². The van der Waals surface area contributed by atoms with E-state index in [1.54, 1.807) is 0 Å². The van der Waals surface area contributed by atoms with Gasteiger partial charge in [0, 0.05) is 6.04 Å². The number of rotatable bonds is 19. The van der Waals surface area contributed by atoms with Crippen molar-refractivity contribution in [3.8, 4) is 0 Å². The highest BCUT2D eigenvalue weighted by Crippen LogP contribution is 2.14. The molecule has 23 heavy (non-hydrogen) atoms. The molecule has 0 aromatic carbocycles. The van der Waals surface area contributed by atoms with Gasteiger partial charge in [-0.1, -0.05) is 103 Å². The van der Waals surface area contributed by atoms with Gasteiger partial charge in [0.25, 0.3) is 0 Å². The Labute approximate surface area is 147 Å². The van der Waals surface area contributed by atoms with Crippen LogP contribution in [-0.4, -0.2) is 12.6 Å². The molecule has 1 atom stereocenters. The zero-order valence-corrected chi connectivity index (χ0v) is 16.2. The third-order valence-electron chi connectivity index (χ3n) is 4.96. The van der Waals surface area contributed by atoms with Crippen LogP contribution in [0.1, 0.15) is 122 Å². The van der Waals surface area contributed by atoms with E-state index in [-0.39, 0.29) is 0 Å². The third-order valence-corrected chi connectivity index (χ3v) is 4.96. The van der Waals surface area contributed by atoms with Crippen molar-refractivity contribution in [3.05, 3.63) is 0 Å². The van der Waals surface area contributed by atoms with Gasteiger partial charge < -0.3 is 11.5 Å². The van der Waals surface area contributed by atoms with E-state index in [9.17, 15) is 0 Å². The lowest BCUT2D eigenvalue weighted by molar-refractivity contribution is 0.495. The molecule has 0 saturated carbocycles. The minimum Gasteiger partial charge on any atom is -0.330 e. The lowest BCUT2D eigenvalue weighted by Gasteiger charge is -2.10. The molecule has 0 amide bonds. The van der Waals surface area contributed by atoms with E-state index in [1.807, 2.05) is 0 Å². The van der Waals surface area contributed by atoms with Crippen LogP contribution in [0.15, 0.2) is 0 Å². The Morgan fingerprint density at radius 3 is 1.26 bits per heavy atom. The standard InChI is InChI=1S/C21H46N2/c1-2-3-4-5-6-7-8-9-10-11-12-13-14-15-16-18-21(23)19-17-20-22/h21H,2-20,22-23H2,1H3. The van der Waals surface area contributed by atoms with E-state index in [0.717, 1.165) is 19.4 Å². The first-order chi connectivity index (χ1) is 11.3. The van der Waals surface area contributed by atoms with E-state index in [4.69, 9.17) is 11.5 Å². The summed E-state index contributed by atoms with van der Waals surface area (Å²) >= 11 is 0. The van der Waals surface area contributed by atoms with E-state index in [1.165, 1.54) is 103 Å². The van der Waals surface area contributed by atoms with Crippen LogP contribution >= 0.6 is 0 Å². The summed E-state index contributed by atoms with van der Waals surface area (Å²) in [4.78, 5) is 0. The molecule has 0 heterocycles. The molecule has 0 aliphatic carbocycles. The molecule has 0 aromatic rings. The van der Waals surface area contributed by atoms with Gasteiger partial charge in [0.05, 0.1) is 0 Å². The maximum Gasteiger partial charge on any atom is 0.00392 e. The molecule has 2 heteroatoms. The van der Waals surface area contributed by atoms with Gasteiger partial charge in [0.1, 0.15) is 0 Å². The van der Waals surface area contributed by atoms with Crippen LogP contribution in [-0.2, 0) is 0 Å². The Morgan fingerprint density at radius 2 is 0.870 bits per heavy atom.